The standard InChI is InChI=1S/C19H22N4O3S2/c1-4-23(5-2)18(25)11-27-19-21-15-7-6-13(9-16(15)28-19)20-17(24)10-14-8-12(3)22-26-14/h6-9H,4-5,10-11H2,1-3H3,(H,20,24). The lowest BCUT2D eigenvalue weighted by Crippen LogP contribution is -2.31. The molecule has 0 spiro atoms. The van der Waals surface area contributed by atoms with Crippen LogP contribution in [0.1, 0.15) is 25.3 Å². The summed E-state index contributed by atoms with van der Waals surface area (Å²) >= 11 is 2.96. The van der Waals surface area contributed by atoms with Gasteiger partial charge in [-0.3, -0.25) is 9.59 Å². The van der Waals surface area contributed by atoms with Crippen LogP contribution in [0.25, 0.3) is 10.2 Å². The van der Waals surface area contributed by atoms with Crippen molar-refractivity contribution in [1.82, 2.24) is 15.0 Å². The van der Waals surface area contributed by atoms with E-state index in [1.54, 1.807) is 6.07 Å². The average Bonchev–Trinajstić information content (AvgIpc) is 3.26. The number of hydrogen-bond acceptors (Lipinski definition) is 7. The lowest BCUT2D eigenvalue weighted by molar-refractivity contribution is -0.128. The molecule has 3 rings (SSSR count). The molecule has 0 aliphatic heterocycles. The minimum atomic E-state index is -0.167. The number of nitrogens with zero attached hydrogens (tertiary/aromatic N) is 3. The zero-order valence-corrected chi connectivity index (χ0v) is 17.7. The predicted octanol–water partition coefficient (Wildman–Crippen LogP) is 3.73. The van der Waals surface area contributed by atoms with E-state index in [0.717, 1.165) is 20.3 Å². The third-order valence-electron chi connectivity index (χ3n) is 4.10. The summed E-state index contributed by atoms with van der Waals surface area (Å²) in [6, 6.07) is 7.33. The number of benzene rings is 1. The highest BCUT2D eigenvalue weighted by Crippen LogP contribution is 2.31. The maximum atomic E-state index is 12.2. The van der Waals surface area contributed by atoms with E-state index >= 15 is 0 Å². The molecular formula is C19H22N4O3S2. The van der Waals surface area contributed by atoms with E-state index in [9.17, 15) is 9.59 Å². The molecule has 0 radical (unpaired) electrons. The first kappa shape index (κ1) is 20.3. The molecule has 2 heterocycles. The molecule has 9 heteroatoms. The number of anilines is 1. The second kappa shape index (κ2) is 9.20. The van der Waals surface area contributed by atoms with Gasteiger partial charge < -0.3 is 14.7 Å². The molecule has 1 aromatic carbocycles. The van der Waals surface area contributed by atoms with Crippen LogP contribution in [0.5, 0.6) is 0 Å². The van der Waals surface area contributed by atoms with Gasteiger partial charge in [0.1, 0.15) is 5.76 Å². The van der Waals surface area contributed by atoms with Crippen LogP contribution >= 0.6 is 23.1 Å². The van der Waals surface area contributed by atoms with Crippen molar-refractivity contribution >= 4 is 50.8 Å². The highest BCUT2D eigenvalue weighted by atomic mass is 32.2. The first-order chi connectivity index (χ1) is 13.5. The van der Waals surface area contributed by atoms with Crippen LogP contribution in [-0.4, -0.2) is 45.7 Å². The van der Waals surface area contributed by atoms with Gasteiger partial charge in [-0.25, -0.2) is 4.98 Å². The van der Waals surface area contributed by atoms with Crippen LogP contribution in [0, 0.1) is 6.92 Å². The lowest BCUT2D eigenvalue weighted by atomic mass is 10.2. The molecule has 0 aliphatic carbocycles. The van der Waals surface area contributed by atoms with Crippen LogP contribution in [0.3, 0.4) is 0 Å². The number of thiazole rings is 1. The molecule has 3 aromatic rings. The molecule has 0 atom stereocenters. The van der Waals surface area contributed by atoms with Crippen molar-refractivity contribution in [2.45, 2.75) is 31.5 Å². The second-order valence-electron chi connectivity index (χ2n) is 6.18. The largest absolute Gasteiger partial charge is 0.361 e. The number of aromatic nitrogens is 2. The quantitative estimate of drug-likeness (QED) is 0.561. The van der Waals surface area contributed by atoms with Crippen LogP contribution in [0.2, 0.25) is 0 Å². The van der Waals surface area contributed by atoms with Gasteiger partial charge in [-0.15, -0.1) is 11.3 Å². The maximum absolute atomic E-state index is 12.2. The number of aryl methyl sites for hydroxylation is 1. The number of hydrogen-bond donors (Lipinski definition) is 1. The summed E-state index contributed by atoms with van der Waals surface area (Å²) in [4.78, 5) is 30.7. The van der Waals surface area contributed by atoms with E-state index in [1.807, 2.05) is 43.9 Å². The SMILES string of the molecule is CCN(CC)C(=O)CSc1nc2ccc(NC(=O)Cc3cc(C)no3)cc2s1. The molecule has 0 aliphatic rings. The molecular weight excluding hydrogens is 396 g/mol. The summed E-state index contributed by atoms with van der Waals surface area (Å²) in [6.45, 7) is 7.19. The van der Waals surface area contributed by atoms with Gasteiger partial charge in [0, 0.05) is 24.8 Å². The monoisotopic (exact) mass is 418 g/mol. The molecule has 0 saturated heterocycles. The van der Waals surface area contributed by atoms with Gasteiger partial charge in [0.2, 0.25) is 11.8 Å². The summed E-state index contributed by atoms with van der Waals surface area (Å²) in [5, 5.41) is 6.65. The van der Waals surface area contributed by atoms with Crippen molar-refractivity contribution in [1.29, 1.82) is 0 Å². The smallest absolute Gasteiger partial charge is 0.232 e. The summed E-state index contributed by atoms with van der Waals surface area (Å²) in [7, 11) is 0. The molecule has 2 aromatic heterocycles. The van der Waals surface area contributed by atoms with Gasteiger partial charge in [-0.1, -0.05) is 16.9 Å². The Kier molecular flexibility index (Phi) is 6.69. The van der Waals surface area contributed by atoms with Crippen LogP contribution in [-0.2, 0) is 16.0 Å². The van der Waals surface area contributed by atoms with Crippen LogP contribution < -0.4 is 5.32 Å². The van der Waals surface area contributed by atoms with Crippen LogP contribution in [0.15, 0.2) is 33.1 Å². The van der Waals surface area contributed by atoms with Gasteiger partial charge in [0.15, 0.2) is 4.34 Å². The maximum Gasteiger partial charge on any atom is 0.232 e. The van der Waals surface area contributed by atoms with E-state index in [1.165, 1.54) is 23.1 Å². The van der Waals surface area contributed by atoms with Gasteiger partial charge in [0.05, 0.1) is 28.1 Å². The fourth-order valence-corrected chi connectivity index (χ4v) is 4.71. The molecule has 28 heavy (non-hydrogen) atoms. The van der Waals surface area contributed by atoms with E-state index in [2.05, 4.69) is 15.5 Å². The predicted molar refractivity (Wildman–Crippen MR) is 112 cm³/mol. The van der Waals surface area contributed by atoms with Crippen molar-refractivity contribution in [2.24, 2.45) is 0 Å². The molecule has 0 saturated carbocycles. The molecule has 0 bridgehead atoms. The molecule has 0 fully saturated rings. The molecule has 0 unspecified atom stereocenters. The Bertz CT molecular complexity index is 979. The molecule has 7 nitrogen and oxygen atoms in total. The minimum Gasteiger partial charge on any atom is -0.361 e. The van der Waals surface area contributed by atoms with Gasteiger partial charge in [0.25, 0.3) is 0 Å². The Morgan fingerprint density at radius 1 is 1.25 bits per heavy atom. The van der Waals surface area contributed by atoms with Gasteiger partial charge >= 0.3 is 0 Å². The lowest BCUT2D eigenvalue weighted by Gasteiger charge is -2.17. The molecule has 2 amide bonds. The number of carbonyl (C=O) groups excluding carboxylic acids is 2. The number of fused-ring (bicyclic) bond motifs is 1. The third kappa shape index (κ3) is 5.11. The van der Waals surface area contributed by atoms with Crippen molar-refractivity contribution in [3.8, 4) is 0 Å². The van der Waals surface area contributed by atoms with E-state index in [4.69, 9.17) is 4.52 Å². The topological polar surface area (TPSA) is 88.3 Å². The summed E-state index contributed by atoms with van der Waals surface area (Å²) in [6.07, 6.45) is 0.135. The van der Waals surface area contributed by atoms with Crippen LogP contribution in [0.4, 0.5) is 5.69 Å². The highest BCUT2D eigenvalue weighted by Gasteiger charge is 2.13. The van der Waals surface area contributed by atoms with Crippen molar-refractivity contribution in [2.75, 3.05) is 24.2 Å². The molecule has 148 valence electrons. The number of rotatable bonds is 8. The Balaban J connectivity index is 1.62. The Hall–Kier alpha value is -2.39. The number of nitrogens with one attached hydrogen (secondary N) is 1. The summed E-state index contributed by atoms with van der Waals surface area (Å²) in [5.74, 6) is 0.858. The van der Waals surface area contributed by atoms with Crippen molar-refractivity contribution < 1.29 is 14.1 Å². The number of amides is 2. The number of thioether (sulfide) groups is 1. The molecule has 1 N–H and O–H groups in total. The second-order valence-corrected chi connectivity index (χ2v) is 8.43. The fourth-order valence-electron chi connectivity index (χ4n) is 2.70. The van der Waals surface area contributed by atoms with E-state index < -0.39 is 0 Å². The van der Waals surface area contributed by atoms with E-state index in [-0.39, 0.29) is 18.2 Å². The Labute approximate surface area is 171 Å². The van der Waals surface area contributed by atoms with E-state index in [0.29, 0.717) is 30.3 Å². The first-order valence-electron chi connectivity index (χ1n) is 9.01. The zero-order valence-electron chi connectivity index (χ0n) is 16.0. The minimum absolute atomic E-state index is 0.116. The van der Waals surface area contributed by atoms with Gasteiger partial charge in [-0.2, -0.15) is 0 Å². The third-order valence-corrected chi connectivity index (χ3v) is 6.25. The highest BCUT2D eigenvalue weighted by molar-refractivity contribution is 8.01. The zero-order chi connectivity index (χ0) is 20.1. The fraction of sp³-hybridized carbons (Fsp3) is 0.368. The Morgan fingerprint density at radius 2 is 2.04 bits per heavy atom. The average molecular weight is 419 g/mol. The Morgan fingerprint density at radius 3 is 2.71 bits per heavy atom. The number of carbonyl (C=O) groups is 2. The van der Waals surface area contributed by atoms with Gasteiger partial charge in [-0.05, 0) is 39.0 Å². The summed E-state index contributed by atoms with van der Waals surface area (Å²) in [5.41, 5.74) is 2.30. The first-order valence-corrected chi connectivity index (χ1v) is 10.8. The summed E-state index contributed by atoms with van der Waals surface area (Å²) < 4.78 is 6.88. The normalized spacial score (nSPS) is 11.0. The van der Waals surface area contributed by atoms with Crippen molar-refractivity contribution in [3.05, 3.63) is 35.7 Å². The van der Waals surface area contributed by atoms with Crippen molar-refractivity contribution in [3.63, 3.8) is 0 Å².